The van der Waals surface area contributed by atoms with Crippen molar-refractivity contribution in [3.05, 3.63) is 59.4 Å². The lowest BCUT2D eigenvalue weighted by Crippen LogP contribution is -2.05. The quantitative estimate of drug-likeness (QED) is 0.818. The second-order valence-corrected chi connectivity index (χ2v) is 3.86. The van der Waals surface area contributed by atoms with Gasteiger partial charge in [-0.05, 0) is 24.1 Å². The molecule has 0 aliphatic rings. The maximum atomic E-state index is 5.93. The SMILES string of the molecule is Clc1ncccc1NCCc1ccccc1. The summed E-state index contributed by atoms with van der Waals surface area (Å²) in [5, 5.41) is 3.79. The smallest absolute Gasteiger partial charge is 0.152 e. The van der Waals surface area contributed by atoms with Crippen molar-refractivity contribution in [3.63, 3.8) is 0 Å². The zero-order valence-corrected chi connectivity index (χ0v) is 9.61. The van der Waals surface area contributed by atoms with Crippen LogP contribution in [0.15, 0.2) is 48.7 Å². The van der Waals surface area contributed by atoms with E-state index < -0.39 is 0 Å². The topological polar surface area (TPSA) is 24.9 Å². The Kier molecular flexibility index (Phi) is 3.78. The van der Waals surface area contributed by atoms with Crippen LogP contribution >= 0.6 is 11.6 Å². The van der Waals surface area contributed by atoms with Crippen LogP contribution in [0.25, 0.3) is 0 Å². The molecule has 0 saturated heterocycles. The summed E-state index contributed by atoms with van der Waals surface area (Å²) in [6.07, 6.45) is 2.66. The molecule has 82 valence electrons. The van der Waals surface area contributed by atoms with E-state index in [0.717, 1.165) is 18.7 Å². The number of rotatable bonds is 4. The maximum absolute atomic E-state index is 5.93. The number of nitrogens with zero attached hydrogens (tertiary/aromatic N) is 1. The van der Waals surface area contributed by atoms with E-state index in [1.54, 1.807) is 6.20 Å². The highest BCUT2D eigenvalue weighted by molar-refractivity contribution is 6.31. The summed E-state index contributed by atoms with van der Waals surface area (Å²) in [7, 11) is 0. The number of benzene rings is 1. The van der Waals surface area contributed by atoms with Gasteiger partial charge >= 0.3 is 0 Å². The van der Waals surface area contributed by atoms with Gasteiger partial charge < -0.3 is 5.32 Å². The van der Waals surface area contributed by atoms with E-state index in [1.165, 1.54) is 5.56 Å². The van der Waals surface area contributed by atoms with Crippen LogP contribution < -0.4 is 5.32 Å². The molecular weight excluding hydrogens is 220 g/mol. The molecule has 0 atom stereocenters. The molecule has 0 saturated carbocycles. The van der Waals surface area contributed by atoms with Crippen molar-refractivity contribution in [1.29, 1.82) is 0 Å². The summed E-state index contributed by atoms with van der Waals surface area (Å²) in [4.78, 5) is 4.01. The van der Waals surface area contributed by atoms with Crippen LogP contribution in [0.4, 0.5) is 5.69 Å². The van der Waals surface area contributed by atoms with Crippen LogP contribution in [0, 0.1) is 0 Å². The molecule has 1 N–H and O–H groups in total. The Bertz CT molecular complexity index is 443. The second-order valence-electron chi connectivity index (χ2n) is 3.50. The zero-order chi connectivity index (χ0) is 11.2. The normalized spacial score (nSPS) is 10.1. The molecule has 1 aromatic heterocycles. The Morgan fingerprint density at radius 1 is 1.06 bits per heavy atom. The van der Waals surface area contributed by atoms with Crippen molar-refractivity contribution in [3.8, 4) is 0 Å². The fourth-order valence-corrected chi connectivity index (χ4v) is 1.69. The van der Waals surface area contributed by atoms with Gasteiger partial charge in [-0.25, -0.2) is 4.98 Å². The summed E-state index contributed by atoms with van der Waals surface area (Å²) in [5.74, 6) is 0. The minimum absolute atomic E-state index is 0.524. The summed E-state index contributed by atoms with van der Waals surface area (Å²) in [5.41, 5.74) is 2.20. The number of hydrogen-bond acceptors (Lipinski definition) is 2. The minimum Gasteiger partial charge on any atom is -0.382 e. The zero-order valence-electron chi connectivity index (χ0n) is 8.86. The van der Waals surface area contributed by atoms with Crippen LogP contribution in [-0.4, -0.2) is 11.5 Å². The van der Waals surface area contributed by atoms with E-state index in [2.05, 4.69) is 22.4 Å². The summed E-state index contributed by atoms with van der Waals surface area (Å²) in [6.45, 7) is 0.857. The van der Waals surface area contributed by atoms with Gasteiger partial charge in [0.25, 0.3) is 0 Å². The van der Waals surface area contributed by atoms with Gasteiger partial charge in [-0.15, -0.1) is 0 Å². The first kappa shape index (κ1) is 11.0. The van der Waals surface area contributed by atoms with Crippen molar-refractivity contribution in [1.82, 2.24) is 4.98 Å². The van der Waals surface area contributed by atoms with Crippen LogP contribution in [0.2, 0.25) is 5.15 Å². The Hall–Kier alpha value is -1.54. The monoisotopic (exact) mass is 232 g/mol. The van der Waals surface area contributed by atoms with E-state index >= 15 is 0 Å². The lowest BCUT2D eigenvalue weighted by Gasteiger charge is -2.07. The predicted molar refractivity (Wildman–Crippen MR) is 67.9 cm³/mol. The molecule has 1 aromatic carbocycles. The molecular formula is C13H13ClN2. The first-order valence-electron chi connectivity index (χ1n) is 5.24. The molecule has 0 amide bonds. The summed E-state index contributed by atoms with van der Waals surface area (Å²) >= 11 is 5.93. The molecule has 0 radical (unpaired) electrons. The Morgan fingerprint density at radius 3 is 2.62 bits per heavy atom. The molecule has 0 fully saturated rings. The third-order valence-electron chi connectivity index (χ3n) is 2.33. The minimum atomic E-state index is 0.524. The van der Waals surface area contributed by atoms with Crippen molar-refractivity contribution < 1.29 is 0 Å². The van der Waals surface area contributed by atoms with Crippen molar-refractivity contribution in [2.45, 2.75) is 6.42 Å². The first-order chi connectivity index (χ1) is 7.86. The van der Waals surface area contributed by atoms with E-state index in [4.69, 9.17) is 11.6 Å². The van der Waals surface area contributed by atoms with Crippen molar-refractivity contribution in [2.75, 3.05) is 11.9 Å². The van der Waals surface area contributed by atoms with Gasteiger partial charge in [0, 0.05) is 12.7 Å². The number of pyridine rings is 1. The second kappa shape index (κ2) is 5.52. The van der Waals surface area contributed by atoms with Crippen molar-refractivity contribution >= 4 is 17.3 Å². The molecule has 0 aliphatic carbocycles. The van der Waals surface area contributed by atoms with Gasteiger partial charge in [0.05, 0.1) is 5.69 Å². The standard InChI is InChI=1S/C13H13ClN2/c14-13-12(7-4-9-16-13)15-10-8-11-5-2-1-3-6-11/h1-7,9,15H,8,10H2. The number of anilines is 1. The largest absolute Gasteiger partial charge is 0.382 e. The van der Waals surface area contributed by atoms with Crippen LogP contribution in [-0.2, 0) is 6.42 Å². The Labute approximate surface area is 100 Å². The Balaban J connectivity index is 1.87. The highest BCUT2D eigenvalue weighted by Crippen LogP contribution is 2.17. The molecule has 0 unspecified atom stereocenters. The first-order valence-corrected chi connectivity index (χ1v) is 5.62. The Morgan fingerprint density at radius 2 is 1.88 bits per heavy atom. The predicted octanol–water partition coefficient (Wildman–Crippen LogP) is 3.39. The van der Waals surface area contributed by atoms with Gasteiger partial charge in [-0.3, -0.25) is 0 Å². The highest BCUT2D eigenvalue weighted by Gasteiger charge is 1.98. The third kappa shape index (κ3) is 2.97. The average Bonchev–Trinajstić information content (AvgIpc) is 2.33. The number of nitrogens with one attached hydrogen (secondary N) is 1. The fourth-order valence-electron chi connectivity index (χ4n) is 1.50. The number of hydrogen-bond donors (Lipinski definition) is 1. The third-order valence-corrected chi connectivity index (χ3v) is 2.63. The van der Waals surface area contributed by atoms with Gasteiger partial charge in [-0.2, -0.15) is 0 Å². The lowest BCUT2D eigenvalue weighted by molar-refractivity contribution is 1.02. The molecule has 0 aliphatic heterocycles. The van der Waals surface area contributed by atoms with Gasteiger partial charge in [0.2, 0.25) is 0 Å². The molecule has 1 heterocycles. The van der Waals surface area contributed by atoms with Crippen LogP contribution in [0.5, 0.6) is 0 Å². The van der Waals surface area contributed by atoms with Gasteiger partial charge in [0.15, 0.2) is 5.15 Å². The number of aromatic nitrogens is 1. The molecule has 3 heteroatoms. The molecule has 2 nitrogen and oxygen atoms in total. The van der Waals surface area contributed by atoms with E-state index in [0.29, 0.717) is 5.15 Å². The highest BCUT2D eigenvalue weighted by atomic mass is 35.5. The van der Waals surface area contributed by atoms with E-state index in [9.17, 15) is 0 Å². The molecule has 0 spiro atoms. The molecule has 2 rings (SSSR count). The summed E-state index contributed by atoms with van der Waals surface area (Å²) in [6, 6.07) is 14.2. The van der Waals surface area contributed by atoms with E-state index in [-0.39, 0.29) is 0 Å². The molecule has 0 bridgehead atoms. The van der Waals surface area contributed by atoms with Crippen molar-refractivity contribution in [2.24, 2.45) is 0 Å². The van der Waals surface area contributed by atoms with E-state index in [1.807, 2.05) is 30.3 Å². The number of halogens is 1. The van der Waals surface area contributed by atoms with Crippen LogP contribution in [0.3, 0.4) is 0 Å². The average molecular weight is 233 g/mol. The molecule has 16 heavy (non-hydrogen) atoms. The van der Waals surface area contributed by atoms with Gasteiger partial charge in [-0.1, -0.05) is 41.9 Å². The summed E-state index contributed by atoms with van der Waals surface area (Å²) < 4.78 is 0. The lowest BCUT2D eigenvalue weighted by atomic mass is 10.1. The van der Waals surface area contributed by atoms with Gasteiger partial charge in [0.1, 0.15) is 0 Å². The van der Waals surface area contributed by atoms with Crippen LogP contribution in [0.1, 0.15) is 5.56 Å². The maximum Gasteiger partial charge on any atom is 0.152 e. The molecule has 2 aromatic rings. The fraction of sp³-hybridized carbons (Fsp3) is 0.154.